The van der Waals surface area contributed by atoms with E-state index in [-0.39, 0.29) is 28.0 Å². The Labute approximate surface area is 174 Å². The molecule has 0 spiro atoms. The molecule has 8 nitrogen and oxygen atoms in total. The quantitative estimate of drug-likeness (QED) is 0.761. The van der Waals surface area contributed by atoms with Crippen molar-refractivity contribution in [2.75, 3.05) is 5.32 Å². The molecule has 2 aliphatic rings. The smallest absolute Gasteiger partial charge is 0.269 e. The van der Waals surface area contributed by atoms with Gasteiger partial charge in [0.1, 0.15) is 4.90 Å². The van der Waals surface area contributed by atoms with Crippen molar-refractivity contribution in [3.05, 3.63) is 59.2 Å². The molecule has 1 heterocycles. The van der Waals surface area contributed by atoms with Crippen molar-refractivity contribution >= 4 is 33.4 Å². The number of nitrogens with one attached hydrogen (secondary N) is 2. The minimum absolute atomic E-state index is 0.0614. The van der Waals surface area contributed by atoms with Gasteiger partial charge in [-0.2, -0.15) is 0 Å². The van der Waals surface area contributed by atoms with Crippen LogP contribution in [0.2, 0.25) is 0 Å². The highest BCUT2D eigenvalue weighted by Crippen LogP contribution is 2.32. The molecule has 30 heavy (non-hydrogen) atoms. The predicted octanol–water partition coefficient (Wildman–Crippen LogP) is 2.38. The molecule has 156 valence electrons. The molecular weight excluding hydrogens is 406 g/mol. The molecule has 0 radical (unpaired) electrons. The Hall–Kier alpha value is -3.20. The molecule has 0 bridgehead atoms. The van der Waals surface area contributed by atoms with E-state index in [4.69, 9.17) is 0 Å². The zero-order valence-electron chi connectivity index (χ0n) is 16.5. The van der Waals surface area contributed by atoms with Gasteiger partial charge in [-0.1, -0.05) is 0 Å². The summed E-state index contributed by atoms with van der Waals surface area (Å²) < 4.78 is 26.2. The van der Waals surface area contributed by atoms with Gasteiger partial charge in [-0.3, -0.25) is 14.4 Å². The predicted molar refractivity (Wildman–Crippen MR) is 110 cm³/mol. The van der Waals surface area contributed by atoms with Crippen molar-refractivity contribution in [1.82, 2.24) is 9.62 Å². The van der Waals surface area contributed by atoms with E-state index in [1.54, 1.807) is 38.1 Å². The third kappa shape index (κ3) is 3.56. The van der Waals surface area contributed by atoms with Crippen LogP contribution in [-0.2, 0) is 10.0 Å². The van der Waals surface area contributed by atoms with Crippen LogP contribution < -0.4 is 10.6 Å². The molecular formula is C21H21N3O5S. The number of carbonyl (C=O) groups is 3. The Morgan fingerprint density at radius 2 is 1.63 bits per heavy atom. The van der Waals surface area contributed by atoms with E-state index < -0.39 is 27.9 Å². The summed E-state index contributed by atoms with van der Waals surface area (Å²) in [6.45, 7) is 3.23. The number of hydrogen-bond donors (Lipinski definition) is 2. The first-order valence-electron chi connectivity index (χ1n) is 9.63. The first kappa shape index (κ1) is 20.1. The molecule has 2 aromatic carbocycles. The summed E-state index contributed by atoms with van der Waals surface area (Å²) in [4.78, 5) is 36.9. The van der Waals surface area contributed by atoms with Crippen molar-refractivity contribution < 1.29 is 22.8 Å². The van der Waals surface area contributed by atoms with E-state index in [2.05, 4.69) is 10.6 Å². The topological polar surface area (TPSA) is 113 Å². The number of hydrogen-bond acceptors (Lipinski definition) is 5. The van der Waals surface area contributed by atoms with Gasteiger partial charge in [0.2, 0.25) is 0 Å². The number of carbonyl (C=O) groups excluding carboxylic acids is 3. The van der Waals surface area contributed by atoms with Gasteiger partial charge >= 0.3 is 0 Å². The summed E-state index contributed by atoms with van der Waals surface area (Å²) in [6, 6.07) is 10.2. The Morgan fingerprint density at radius 1 is 1.00 bits per heavy atom. The second kappa shape index (κ2) is 7.24. The normalized spacial score (nSPS) is 17.0. The molecule has 0 aromatic heterocycles. The van der Waals surface area contributed by atoms with Crippen LogP contribution in [0.25, 0.3) is 0 Å². The van der Waals surface area contributed by atoms with Crippen molar-refractivity contribution in [3.63, 3.8) is 0 Å². The highest BCUT2D eigenvalue weighted by Gasteiger charge is 2.42. The van der Waals surface area contributed by atoms with Crippen LogP contribution in [0.15, 0.2) is 47.4 Å². The Morgan fingerprint density at radius 3 is 2.23 bits per heavy atom. The Balaban J connectivity index is 1.52. The van der Waals surface area contributed by atoms with E-state index in [1.165, 1.54) is 18.2 Å². The molecule has 2 aromatic rings. The van der Waals surface area contributed by atoms with Gasteiger partial charge in [0.25, 0.3) is 27.7 Å². The molecule has 1 fully saturated rings. The highest BCUT2D eigenvalue weighted by atomic mass is 32.2. The molecule has 4 rings (SSSR count). The SMILES string of the molecule is CC(C)N1C(=O)c2ccc(C(=O)Nc3ccc(C(=O)NC4CC4)cc3)cc2S1(=O)=O. The van der Waals surface area contributed by atoms with Crippen LogP contribution in [0, 0.1) is 0 Å². The summed E-state index contributed by atoms with van der Waals surface area (Å²) in [5, 5.41) is 5.57. The van der Waals surface area contributed by atoms with E-state index in [0.717, 1.165) is 17.1 Å². The monoisotopic (exact) mass is 427 g/mol. The average molecular weight is 427 g/mol. The molecule has 2 N–H and O–H groups in total. The molecule has 1 aliphatic carbocycles. The summed E-state index contributed by atoms with van der Waals surface area (Å²) in [6.07, 6.45) is 1.99. The summed E-state index contributed by atoms with van der Waals surface area (Å²) in [5.41, 5.74) is 1.14. The minimum atomic E-state index is -3.98. The molecule has 3 amide bonds. The largest absolute Gasteiger partial charge is 0.349 e. The van der Waals surface area contributed by atoms with Crippen LogP contribution >= 0.6 is 0 Å². The second-order valence-electron chi connectivity index (χ2n) is 7.69. The number of nitrogens with zero attached hydrogens (tertiary/aromatic N) is 1. The van der Waals surface area contributed by atoms with E-state index in [9.17, 15) is 22.8 Å². The highest BCUT2D eigenvalue weighted by molar-refractivity contribution is 7.90. The van der Waals surface area contributed by atoms with Crippen LogP contribution in [-0.4, -0.2) is 42.5 Å². The number of amides is 3. The lowest BCUT2D eigenvalue weighted by Crippen LogP contribution is -2.36. The first-order valence-corrected chi connectivity index (χ1v) is 11.1. The minimum Gasteiger partial charge on any atom is -0.349 e. The van der Waals surface area contributed by atoms with Crippen molar-refractivity contribution in [2.45, 2.75) is 43.7 Å². The third-order valence-corrected chi connectivity index (χ3v) is 7.00. The van der Waals surface area contributed by atoms with Crippen molar-refractivity contribution in [3.8, 4) is 0 Å². The fourth-order valence-electron chi connectivity index (χ4n) is 3.30. The van der Waals surface area contributed by atoms with E-state index in [0.29, 0.717) is 11.3 Å². The van der Waals surface area contributed by atoms with Gasteiger partial charge in [-0.25, -0.2) is 12.7 Å². The van der Waals surface area contributed by atoms with Gasteiger partial charge in [-0.15, -0.1) is 0 Å². The van der Waals surface area contributed by atoms with Gasteiger partial charge in [0.15, 0.2) is 0 Å². The standard InChI is InChI=1S/C21H21N3O5S/c1-12(2)24-21(27)17-10-5-14(11-18(17)30(24,28)29)20(26)23-15-6-3-13(4-7-15)19(25)22-16-8-9-16/h3-7,10-12,16H,8-9H2,1-2H3,(H,22,25)(H,23,26). The lowest BCUT2D eigenvalue weighted by atomic mass is 10.1. The van der Waals surface area contributed by atoms with Gasteiger partial charge in [-0.05, 0) is 69.2 Å². The van der Waals surface area contributed by atoms with Gasteiger partial charge in [0, 0.05) is 28.9 Å². The summed E-state index contributed by atoms with van der Waals surface area (Å²) in [5.74, 6) is -1.26. The fourth-order valence-corrected chi connectivity index (χ4v) is 5.10. The van der Waals surface area contributed by atoms with Crippen LogP contribution in [0.3, 0.4) is 0 Å². The molecule has 1 saturated carbocycles. The zero-order chi connectivity index (χ0) is 21.6. The lowest BCUT2D eigenvalue weighted by molar-refractivity contribution is 0.0845. The van der Waals surface area contributed by atoms with Gasteiger partial charge < -0.3 is 10.6 Å². The van der Waals surface area contributed by atoms with Crippen molar-refractivity contribution in [2.24, 2.45) is 0 Å². The van der Waals surface area contributed by atoms with E-state index in [1.807, 2.05) is 0 Å². The zero-order valence-corrected chi connectivity index (χ0v) is 17.3. The lowest BCUT2D eigenvalue weighted by Gasteiger charge is -2.18. The Bertz CT molecular complexity index is 1150. The first-order chi connectivity index (χ1) is 14.2. The number of sulfonamides is 1. The van der Waals surface area contributed by atoms with Crippen LogP contribution in [0.5, 0.6) is 0 Å². The number of benzene rings is 2. The number of fused-ring (bicyclic) bond motifs is 1. The van der Waals surface area contributed by atoms with Crippen molar-refractivity contribution in [1.29, 1.82) is 0 Å². The molecule has 0 unspecified atom stereocenters. The summed E-state index contributed by atoms with van der Waals surface area (Å²) in [7, 11) is -3.98. The average Bonchev–Trinajstić information content (AvgIpc) is 3.48. The number of anilines is 1. The fraction of sp³-hybridized carbons (Fsp3) is 0.286. The second-order valence-corrected chi connectivity index (χ2v) is 9.47. The van der Waals surface area contributed by atoms with Gasteiger partial charge in [0.05, 0.1) is 5.56 Å². The maximum atomic E-state index is 12.7. The molecule has 9 heteroatoms. The van der Waals surface area contributed by atoms with Crippen LogP contribution in [0.1, 0.15) is 57.8 Å². The third-order valence-electron chi connectivity index (χ3n) is 5.00. The maximum absolute atomic E-state index is 12.7. The van der Waals surface area contributed by atoms with E-state index >= 15 is 0 Å². The molecule has 1 aliphatic heterocycles. The Kier molecular flexibility index (Phi) is 4.85. The summed E-state index contributed by atoms with van der Waals surface area (Å²) >= 11 is 0. The maximum Gasteiger partial charge on any atom is 0.269 e. The van der Waals surface area contributed by atoms with Crippen LogP contribution in [0.4, 0.5) is 5.69 Å². The molecule has 0 atom stereocenters. The molecule has 0 saturated heterocycles. The number of rotatable bonds is 5.